The van der Waals surface area contributed by atoms with Crippen LogP contribution in [-0.2, 0) is 0 Å². The zero-order valence-corrected chi connectivity index (χ0v) is 11.3. The molecule has 86 valence electrons. The summed E-state index contributed by atoms with van der Waals surface area (Å²) in [5, 5.41) is 9.91. The van der Waals surface area contributed by atoms with Crippen LogP contribution in [0.5, 0.6) is 0 Å². The van der Waals surface area contributed by atoms with E-state index in [4.69, 9.17) is 5.26 Å². The van der Waals surface area contributed by atoms with E-state index in [-0.39, 0.29) is 0 Å². The molecule has 2 nitrogen and oxygen atoms in total. The van der Waals surface area contributed by atoms with Crippen molar-refractivity contribution in [2.75, 3.05) is 0 Å². The van der Waals surface area contributed by atoms with E-state index in [0.29, 0.717) is 4.88 Å². The minimum atomic E-state index is 0.706. The smallest absolute Gasteiger partial charge is 0.128 e. The van der Waals surface area contributed by atoms with Gasteiger partial charge in [0, 0.05) is 5.56 Å². The van der Waals surface area contributed by atoms with Gasteiger partial charge in [0.25, 0.3) is 0 Å². The Balaban J connectivity index is 2.62. The fourth-order valence-corrected chi connectivity index (χ4v) is 2.75. The Morgan fingerprint density at radius 2 is 1.82 bits per heavy atom. The van der Waals surface area contributed by atoms with Crippen molar-refractivity contribution in [3.8, 4) is 16.6 Å². The molecule has 0 unspecified atom stereocenters. The molecule has 0 spiro atoms. The Hall–Kier alpha value is -1.66. The third kappa shape index (κ3) is 1.96. The van der Waals surface area contributed by atoms with Gasteiger partial charge in [0.15, 0.2) is 0 Å². The van der Waals surface area contributed by atoms with Gasteiger partial charge in [0.2, 0.25) is 0 Å². The number of benzene rings is 1. The quantitative estimate of drug-likeness (QED) is 0.760. The van der Waals surface area contributed by atoms with Gasteiger partial charge in [-0.2, -0.15) is 5.26 Å². The number of nitriles is 1. The highest BCUT2D eigenvalue weighted by Crippen LogP contribution is 2.31. The first-order valence-corrected chi connectivity index (χ1v) is 6.31. The van der Waals surface area contributed by atoms with Crippen LogP contribution in [0.15, 0.2) is 12.1 Å². The fourth-order valence-electron chi connectivity index (χ4n) is 1.80. The van der Waals surface area contributed by atoms with Gasteiger partial charge in [-0.15, -0.1) is 11.3 Å². The molecule has 0 radical (unpaired) electrons. The monoisotopic (exact) mass is 242 g/mol. The van der Waals surface area contributed by atoms with Gasteiger partial charge in [-0.05, 0) is 44.4 Å². The Morgan fingerprint density at radius 3 is 2.41 bits per heavy atom. The molecule has 1 aromatic carbocycles. The van der Waals surface area contributed by atoms with Gasteiger partial charge in [0.1, 0.15) is 16.0 Å². The number of hydrogen-bond acceptors (Lipinski definition) is 3. The van der Waals surface area contributed by atoms with E-state index in [9.17, 15) is 0 Å². The summed E-state index contributed by atoms with van der Waals surface area (Å²) >= 11 is 1.47. The largest absolute Gasteiger partial charge is 0.240 e. The minimum Gasteiger partial charge on any atom is -0.240 e. The molecule has 1 heterocycles. The average molecular weight is 242 g/mol. The molecule has 0 N–H and O–H groups in total. The van der Waals surface area contributed by atoms with Crippen LogP contribution in [-0.4, -0.2) is 4.98 Å². The van der Waals surface area contributed by atoms with Gasteiger partial charge in [-0.1, -0.05) is 12.1 Å². The van der Waals surface area contributed by atoms with E-state index in [1.165, 1.54) is 28.0 Å². The molecule has 0 aliphatic carbocycles. The molecule has 0 atom stereocenters. The zero-order valence-electron chi connectivity index (χ0n) is 10.5. The van der Waals surface area contributed by atoms with Crippen LogP contribution in [0, 0.1) is 39.0 Å². The summed E-state index contributed by atoms with van der Waals surface area (Å²) in [4.78, 5) is 5.19. The van der Waals surface area contributed by atoms with Gasteiger partial charge in [-0.25, -0.2) is 4.98 Å². The second-order valence-electron chi connectivity index (χ2n) is 4.23. The van der Waals surface area contributed by atoms with Crippen molar-refractivity contribution in [3.63, 3.8) is 0 Å². The first-order valence-electron chi connectivity index (χ1n) is 5.49. The second kappa shape index (κ2) is 4.31. The lowest BCUT2D eigenvalue weighted by molar-refractivity contribution is 1.23. The Kier molecular flexibility index (Phi) is 2.99. The number of aromatic nitrogens is 1. The number of nitrogens with zero attached hydrogens (tertiary/aromatic N) is 2. The molecule has 0 fully saturated rings. The molecule has 2 aromatic rings. The van der Waals surface area contributed by atoms with E-state index in [1.807, 2.05) is 6.92 Å². The highest BCUT2D eigenvalue weighted by atomic mass is 32.1. The highest BCUT2D eigenvalue weighted by Gasteiger charge is 2.12. The second-order valence-corrected chi connectivity index (χ2v) is 5.22. The lowest BCUT2D eigenvalue weighted by Crippen LogP contribution is -1.90. The first-order chi connectivity index (χ1) is 8.04. The Labute approximate surface area is 106 Å². The minimum absolute atomic E-state index is 0.706. The van der Waals surface area contributed by atoms with Crippen LogP contribution in [0.1, 0.15) is 27.3 Å². The Morgan fingerprint density at radius 1 is 1.12 bits per heavy atom. The standard InChI is InChI=1S/C14H14N2S/c1-8-5-6-12(10(3)9(8)2)14-16-11(4)13(7-15)17-14/h5-6H,1-4H3. The molecule has 2 rings (SSSR count). The number of thiazole rings is 1. The molecule has 1 aromatic heterocycles. The third-order valence-corrected chi connectivity index (χ3v) is 4.28. The van der Waals surface area contributed by atoms with Crippen LogP contribution in [0.3, 0.4) is 0 Å². The van der Waals surface area contributed by atoms with Crippen molar-refractivity contribution in [3.05, 3.63) is 39.4 Å². The van der Waals surface area contributed by atoms with Crippen LogP contribution in [0.2, 0.25) is 0 Å². The predicted octanol–water partition coefficient (Wildman–Crippen LogP) is 3.92. The molecule has 17 heavy (non-hydrogen) atoms. The van der Waals surface area contributed by atoms with Gasteiger partial charge < -0.3 is 0 Å². The predicted molar refractivity (Wildman–Crippen MR) is 71.2 cm³/mol. The van der Waals surface area contributed by atoms with Crippen molar-refractivity contribution in [2.24, 2.45) is 0 Å². The summed E-state index contributed by atoms with van der Waals surface area (Å²) < 4.78 is 0. The van der Waals surface area contributed by atoms with Crippen molar-refractivity contribution in [1.29, 1.82) is 5.26 Å². The number of aryl methyl sites for hydroxylation is 2. The van der Waals surface area contributed by atoms with Gasteiger partial charge in [-0.3, -0.25) is 0 Å². The molecular formula is C14H14N2S. The molecule has 0 aliphatic rings. The van der Waals surface area contributed by atoms with E-state index in [0.717, 1.165) is 16.3 Å². The summed E-state index contributed by atoms with van der Waals surface area (Å²) in [5.41, 5.74) is 5.81. The maximum absolute atomic E-state index is 8.97. The van der Waals surface area contributed by atoms with Crippen molar-refractivity contribution < 1.29 is 0 Å². The summed E-state index contributed by atoms with van der Waals surface area (Å²) in [6.45, 7) is 8.23. The first kappa shape index (κ1) is 11.8. The topological polar surface area (TPSA) is 36.7 Å². The van der Waals surface area contributed by atoms with Crippen LogP contribution >= 0.6 is 11.3 Å². The van der Waals surface area contributed by atoms with E-state index < -0.39 is 0 Å². The molecule has 3 heteroatoms. The molecule has 0 bridgehead atoms. The van der Waals surface area contributed by atoms with E-state index >= 15 is 0 Å². The third-order valence-electron chi connectivity index (χ3n) is 3.19. The number of hydrogen-bond donors (Lipinski definition) is 0. The maximum Gasteiger partial charge on any atom is 0.128 e. The summed E-state index contributed by atoms with van der Waals surface area (Å²) in [6.07, 6.45) is 0. The van der Waals surface area contributed by atoms with Crippen molar-refractivity contribution in [2.45, 2.75) is 27.7 Å². The fraction of sp³-hybridized carbons (Fsp3) is 0.286. The van der Waals surface area contributed by atoms with Crippen LogP contribution in [0.4, 0.5) is 0 Å². The highest BCUT2D eigenvalue weighted by molar-refractivity contribution is 7.15. The lowest BCUT2D eigenvalue weighted by atomic mass is 9.99. The number of rotatable bonds is 1. The van der Waals surface area contributed by atoms with Crippen molar-refractivity contribution in [1.82, 2.24) is 4.98 Å². The SMILES string of the molecule is Cc1ccc(-c2nc(C)c(C#N)s2)c(C)c1C. The maximum atomic E-state index is 8.97. The zero-order chi connectivity index (χ0) is 12.6. The molecule has 0 amide bonds. The summed E-state index contributed by atoms with van der Waals surface area (Å²) in [6, 6.07) is 6.39. The van der Waals surface area contributed by atoms with Crippen LogP contribution < -0.4 is 0 Å². The molecule has 0 saturated carbocycles. The molecule has 0 saturated heterocycles. The molecule has 0 aliphatic heterocycles. The van der Waals surface area contributed by atoms with Crippen molar-refractivity contribution >= 4 is 11.3 Å². The lowest BCUT2D eigenvalue weighted by Gasteiger charge is -2.08. The molecular weight excluding hydrogens is 228 g/mol. The summed E-state index contributed by atoms with van der Waals surface area (Å²) in [5.74, 6) is 0. The average Bonchev–Trinajstić information content (AvgIpc) is 2.67. The van der Waals surface area contributed by atoms with Gasteiger partial charge in [0.05, 0.1) is 5.69 Å². The Bertz CT molecular complexity index is 618. The summed E-state index contributed by atoms with van der Waals surface area (Å²) in [7, 11) is 0. The normalized spacial score (nSPS) is 10.3. The van der Waals surface area contributed by atoms with Gasteiger partial charge >= 0.3 is 0 Å². The van der Waals surface area contributed by atoms with E-state index in [1.54, 1.807) is 0 Å². The van der Waals surface area contributed by atoms with Crippen LogP contribution in [0.25, 0.3) is 10.6 Å². The van der Waals surface area contributed by atoms with E-state index in [2.05, 4.69) is 44.0 Å².